The lowest BCUT2D eigenvalue weighted by atomic mass is 10.3. The summed E-state index contributed by atoms with van der Waals surface area (Å²) in [7, 11) is 0. The summed E-state index contributed by atoms with van der Waals surface area (Å²) < 4.78 is 10.0. The molecule has 2 rings (SSSR count). The van der Waals surface area contributed by atoms with Crippen LogP contribution in [0.2, 0.25) is 0 Å². The molecule has 1 N–H and O–H groups in total. The third-order valence-electron chi connectivity index (χ3n) is 2.70. The number of rotatable bonds is 5. The van der Waals surface area contributed by atoms with Gasteiger partial charge in [-0.1, -0.05) is 5.16 Å². The number of aromatic nitrogens is 1. The molecular formula is C11H17N3O3. The maximum absolute atomic E-state index is 11.5. The van der Waals surface area contributed by atoms with Crippen LogP contribution in [0.15, 0.2) is 16.8 Å². The summed E-state index contributed by atoms with van der Waals surface area (Å²) in [5.74, 6) is 0.0563. The Labute approximate surface area is 99.9 Å². The minimum absolute atomic E-state index is 0.204. The molecule has 0 aliphatic carbocycles. The Balaban J connectivity index is 1.58. The largest absolute Gasteiger partial charge is 0.379 e. The lowest BCUT2D eigenvalue weighted by molar-refractivity contribution is 0.0374. The molecule has 0 atom stereocenters. The molecule has 17 heavy (non-hydrogen) atoms. The van der Waals surface area contributed by atoms with Crippen molar-refractivity contribution >= 4 is 5.91 Å². The highest BCUT2D eigenvalue weighted by Crippen LogP contribution is 1.98. The monoisotopic (exact) mass is 239 g/mol. The van der Waals surface area contributed by atoms with Crippen molar-refractivity contribution in [3.8, 4) is 0 Å². The van der Waals surface area contributed by atoms with Gasteiger partial charge in [-0.05, 0) is 13.0 Å². The molecule has 94 valence electrons. The molecule has 0 radical (unpaired) electrons. The number of carbonyl (C=O) groups is 1. The summed E-state index contributed by atoms with van der Waals surface area (Å²) in [4.78, 5) is 13.8. The lowest BCUT2D eigenvalue weighted by Crippen LogP contribution is -2.38. The van der Waals surface area contributed by atoms with Gasteiger partial charge in [0, 0.05) is 25.7 Å². The summed E-state index contributed by atoms with van der Waals surface area (Å²) in [6.45, 7) is 5.22. The van der Waals surface area contributed by atoms with Gasteiger partial charge in [0.15, 0.2) is 0 Å². The van der Waals surface area contributed by atoms with E-state index in [4.69, 9.17) is 9.26 Å². The van der Waals surface area contributed by atoms with E-state index in [1.54, 1.807) is 6.07 Å². The van der Waals surface area contributed by atoms with E-state index in [2.05, 4.69) is 15.4 Å². The highest BCUT2D eigenvalue weighted by Gasteiger charge is 2.11. The van der Waals surface area contributed by atoms with Crippen molar-refractivity contribution in [2.24, 2.45) is 0 Å². The molecule has 0 spiro atoms. The van der Waals surface area contributed by atoms with Crippen molar-refractivity contribution in [2.75, 3.05) is 39.4 Å². The summed E-state index contributed by atoms with van der Waals surface area (Å²) in [6, 6.07) is 1.55. The highest BCUT2D eigenvalue weighted by atomic mass is 16.5. The zero-order valence-electron chi connectivity index (χ0n) is 9.72. The zero-order valence-corrected chi connectivity index (χ0v) is 9.72. The Kier molecular flexibility index (Phi) is 4.52. The van der Waals surface area contributed by atoms with E-state index < -0.39 is 0 Å². The molecule has 6 heteroatoms. The van der Waals surface area contributed by atoms with Crippen molar-refractivity contribution in [3.63, 3.8) is 0 Å². The van der Waals surface area contributed by atoms with E-state index in [0.717, 1.165) is 39.3 Å². The van der Waals surface area contributed by atoms with Crippen molar-refractivity contribution in [2.45, 2.75) is 6.42 Å². The van der Waals surface area contributed by atoms with Crippen molar-refractivity contribution in [3.05, 3.63) is 18.0 Å². The SMILES string of the molecule is O=C(NCCCN1CCOCC1)c1ccno1. The molecule has 1 aromatic rings. The second kappa shape index (κ2) is 6.36. The van der Waals surface area contributed by atoms with Crippen LogP contribution in [0.5, 0.6) is 0 Å². The topological polar surface area (TPSA) is 67.6 Å². The highest BCUT2D eigenvalue weighted by molar-refractivity contribution is 5.91. The normalized spacial score (nSPS) is 16.9. The third-order valence-corrected chi connectivity index (χ3v) is 2.70. The number of ether oxygens (including phenoxy) is 1. The maximum atomic E-state index is 11.5. The number of nitrogens with zero attached hydrogens (tertiary/aromatic N) is 2. The summed E-state index contributed by atoms with van der Waals surface area (Å²) in [6.07, 6.45) is 2.39. The molecule has 1 fully saturated rings. The minimum atomic E-state index is -0.204. The molecular weight excluding hydrogens is 222 g/mol. The van der Waals surface area contributed by atoms with Gasteiger partial charge in [-0.3, -0.25) is 9.69 Å². The Morgan fingerprint density at radius 1 is 1.47 bits per heavy atom. The Hall–Kier alpha value is -1.40. The van der Waals surface area contributed by atoms with Crippen LogP contribution in [0.3, 0.4) is 0 Å². The molecule has 1 amide bonds. The van der Waals surface area contributed by atoms with E-state index in [9.17, 15) is 4.79 Å². The van der Waals surface area contributed by atoms with Crippen molar-refractivity contribution in [1.29, 1.82) is 0 Å². The summed E-state index contributed by atoms with van der Waals surface area (Å²) in [5, 5.41) is 6.28. The van der Waals surface area contributed by atoms with Gasteiger partial charge < -0.3 is 14.6 Å². The molecule has 1 aromatic heterocycles. The van der Waals surface area contributed by atoms with Gasteiger partial charge >= 0.3 is 0 Å². The lowest BCUT2D eigenvalue weighted by Gasteiger charge is -2.26. The predicted octanol–water partition coefficient (Wildman–Crippen LogP) is 0.127. The predicted molar refractivity (Wildman–Crippen MR) is 60.7 cm³/mol. The third kappa shape index (κ3) is 3.83. The van der Waals surface area contributed by atoms with Crippen LogP contribution in [0, 0.1) is 0 Å². The number of amides is 1. The van der Waals surface area contributed by atoms with Gasteiger partial charge in [-0.2, -0.15) is 0 Å². The average molecular weight is 239 g/mol. The van der Waals surface area contributed by atoms with Crippen LogP contribution >= 0.6 is 0 Å². The fourth-order valence-corrected chi connectivity index (χ4v) is 1.75. The van der Waals surface area contributed by atoms with Crippen LogP contribution in [0.1, 0.15) is 17.0 Å². The first kappa shape index (κ1) is 12.1. The van der Waals surface area contributed by atoms with E-state index in [1.807, 2.05) is 0 Å². The molecule has 6 nitrogen and oxygen atoms in total. The fraction of sp³-hybridized carbons (Fsp3) is 0.636. The maximum Gasteiger partial charge on any atom is 0.289 e. The van der Waals surface area contributed by atoms with Gasteiger partial charge in [0.1, 0.15) is 0 Å². The number of morpholine rings is 1. The van der Waals surface area contributed by atoms with Gasteiger partial charge in [0.05, 0.1) is 19.4 Å². The van der Waals surface area contributed by atoms with Crippen LogP contribution in [-0.4, -0.2) is 55.4 Å². The van der Waals surface area contributed by atoms with Crippen LogP contribution in [0.4, 0.5) is 0 Å². The second-order valence-corrected chi connectivity index (χ2v) is 3.94. The molecule has 0 saturated carbocycles. The van der Waals surface area contributed by atoms with E-state index in [0.29, 0.717) is 6.54 Å². The first-order valence-corrected chi connectivity index (χ1v) is 5.85. The van der Waals surface area contributed by atoms with Crippen LogP contribution in [-0.2, 0) is 4.74 Å². The minimum Gasteiger partial charge on any atom is -0.379 e. The number of hydrogen-bond acceptors (Lipinski definition) is 5. The van der Waals surface area contributed by atoms with E-state index >= 15 is 0 Å². The molecule has 1 saturated heterocycles. The molecule has 2 heterocycles. The van der Waals surface area contributed by atoms with Gasteiger partial charge in [-0.15, -0.1) is 0 Å². The van der Waals surface area contributed by atoms with E-state index in [-0.39, 0.29) is 11.7 Å². The Bertz CT molecular complexity index is 334. The van der Waals surface area contributed by atoms with Crippen molar-refractivity contribution in [1.82, 2.24) is 15.4 Å². The van der Waals surface area contributed by atoms with Gasteiger partial charge in [0.2, 0.25) is 5.76 Å². The number of carbonyl (C=O) groups excluding carboxylic acids is 1. The molecule has 1 aliphatic heterocycles. The van der Waals surface area contributed by atoms with Gasteiger partial charge in [0.25, 0.3) is 5.91 Å². The van der Waals surface area contributed by atoms with Crippen molar-refractivity contribution < 1.29 is 14.1 Å². The number of nitrogens with one attached hydrogen (secondary N) is 1. The summed E-state index contributed by atoms with van der Waals surface area (Å²) >= 11 is 0. The zero-order chi connectivity index (χ0) is 11.9. The molecule has 0 unspecified atom stereocenters. The quantitative estimate of drug-likeness (QED) is 0.740. The second-order valence-electron chi connectivity index (χ2n) is 3.94. The average Bonchev–Trinajstić information content (AvgIpc) is 2.89. The molecule has 0 bridgehead atoms. The standard InChI is InChI=1S/C11H17N3O3/c15-11(10-2-4-13-17-10)12-3-1-5-14-6-8-16-9-7-14/h2,4H,1,3,5-9H2,(H,12,15). The first-order chi connectivity index (χ1) is 8.36. The van der Waals surface area contributed by atoms with Gasteiger partial charge in [-0.25, -0.2) is 0 Å². The fourth-order valence-electron chi connectivity index (χ4n) is 1.75. The Morgan fingerprint density at radius 2 is 2.29 bits per heavy atom. The summed E-state index contributed by atoms with van der Waals surface area (Å²) in [5.41, 5.74) is 0. The molecule has 0 aromatic carbocycles. The molecule has 1 aliphatic rings. The number of hydrogen-bond donors (Lipinski definition) is 1. The smallest absolute Gasteiger partial charge is 0.289 e. The van der Waals surface area contributed by atoms with E-state index in [1.165, 1.54) is 6.20 Å². The Morgan fingerprint density at radius 3 is 3.00 bits per heavy atom. The van der Waals surface area contributed by atoms with Crippen LogP contribution in [0.25, 0.3) is 0 Å². The van der Waals surface area contributed by atoms with Crippen LogP contribution < -0.4 is 5.32 Å². The first-order valence-electron chi connectivity index (χ1n) is 5.85.